The van der Waals surface area contributed by atoms with Crippen LogP contribution in [0.3, 0.4) is 0 Å². The summed E-state index contributed by atoms with van der Waals surface area (Å²) in [5, 5.41) is 14.9. The van der Waals surface area contributed by atoms with Crippen molar-refractivity contribution in [3.8, 4) is 0 Å². The van der Waals surface area contributed by atoms with Gasteiger partial charge < -0.3 is 15.0 Å². The predicted molar refractivity (Wildman–Crippen MR) is 120 cm³/mol. The molecular weight excluding hydrogens is 396 g/mol. The number of benzene rings is 2. The van der Waals surface area contributed by atoms with Crippen molar-refractivity contribution < 1.29 is 14.5 Å². The minimum absolute atomic E-state index is 0.0444. The number of nitrogens with zero attached hydrogens (tertiary/aromatic N) is 3. The maximum absolute atomic E-state index is 12.6. The Bertz CT molecular complexity index is 1050. The van der Waals surface area contributed by atoms with Crippen LogP contribution in [0.2, 0.25) is 0 Å². The molecule has 160 valence electrons. The molecule has 3 rings (SSSR count). The van der Waals surface area contributed by atoms with Crippen LogP contribution in [0.4, 0.5) is 28.7 Å². The molecule has 0 amide bonds. The Labute approximate surface area is 180 Å². The summed E-state index contributed by atoms with van der Waals surface area (Å²) in [5.74, 6) is -0.0613. The second kappa shape index (κ2) is 9.25. The standard InChI is InChI=1S/C23H24N4O4/c1-23(2,3)31-21(28)16-26(18-12-8-5-9-13-18)22-19(27(29)30)14-15-20(25-22)24-17-10-6-4-7-11-17/h4-15H,16H2,1-3H3,(H,24,25). The zero-order valence-electron chi connectivity index (χ0n) is 17.6. The van der Waals surface area contributed by atoms with E-state index in [0.717, 1.165) is 5.69 Å². The molecule has 1 heterocycles. The molecular formula is C23H24N4O4. The fourth-order valence-corrected chi connectivity index (χ4v) is 2.92. The van der Waals surface area contributed by atoms with E-state index >= 15 is 0 Å². The monoisotopic (exact) mass is 420 g/mol. The summed E-state index contributed by atoms with van der Waals surface area (Å²) in [5.41, 5.74) is 0.468. The molecule has 2 aromatic carbocycles. The molecule has 0 saturated heterocycles. The van der Waals surface area contributed by atoms with Gasteiger partial charge in [0.15, 0.2) is 0 Å². The highest BCUT2D eigenvalue weighted by Gasteiger charge is 2.27. The van der Waals surface area contributed by atoms with Crippen molar-refractivity contribution in [1.29, 1.82) is 0 Å². The number of nitro groups is 1. The van der Waals surface area contributed by atoms with Gasteiger partial charge in [0, 0.05) is 17.4 Å². The number of para-hydroxylation sites is 2. The second-order valence-electron chi connectivity index (χ2n) is 7.80. The number of anilines is 4. The van der Waals surface area contributed by atoms with Crippen LogP contribution < -0.4 is 10.2 Å². The first kappa shape index (κ1) is 21.8. The quantitative estimate of drug-likeness (QED) is 0.318. The number of esters is 1. The molecule has 0 bridgehead atoms. The second-order valence-corrected chi connectivity index (χ2v) is 7.80. The lowest BCUT2D eigenvalue weighted by Crippen LogP contribution is -2.33. The van der Waals surface area contributed by atoms with Gasteiger partial charge in [0.1, 0.15) is 18.0 Å². The van der Waals surface area contributed by atoms with Crippen LogP contribution in [-0.4, -0.2) is 28.0 Å². The number of hydrogen-bond donors (Lipinski definition) is 1. The molecule has 0 aliphatic carbocycles. The number of pyridine rings is 1. The van der Waals surface area contributed by atoms with Crippen molar-refractivity contribution in [2.75, 3.05) is 16.8 Å². The number of carbonyl (C=O) groups excluding carboxylic acids is 1. The van der Waals surface area contributed by atoms with E-state index in [1.165, 1.54) is 17.0 Å². The first-order valence-electron chi connectivity index (χ1n) is 9.75. The molecule has 3 aromatic rings. The number of carbonyl (C=O) groups is 1. The van der Waals surface area contributed by atoms with Gasteiger partial charge >= 0.3 is 11.7 Å². The number of rotatable bonds is 7. The minimum atomic E-state index is -0.685. The number of ether oxygens (including phenoxy) is 1. The number of aromatic nitrogens is 1. The molecule has 1 N–H and O–H groups in total. The molecule has 0 atom stereocenters. The van der Waals surface area contributed by atoms with Crippen LogP contribution in [0.5, 0.6) is 0 Å². The number of hydrogen-bond acceptors (Lipinski definition) is 7. The van der Waals surface area contributed by atoms with E-state index in [1.807, 2.05) is 36.4 Å². The molecule has 0 unspecified atom stereocenters. The summed E-state index contributed by atoms with van der Waals surface area (Å²) in [6.45, 7) is 5.07. The number of nitrogens with one attached hydrogen (secondary N) is 1. The van der Waals surface area contributed by atoms with Crippen molar-refractivity contribution in [1.82, 2.24) is 4.98 Å². The Kier molecular flexibility index (Phi) is 6.49. The van der Waals surface area contributed by atoms with E-state index in [-0.39, 0.29) is 18.1 Å². The maximum Gasteiger partial charge on any atom is 0.326 e. The lowest BCUT2D eigenvalue weighted by atomic mass is 10.2. The molecule has 0 spiro atoms. The van der Waals surface area contributed by atoms with Crippen LogP contribution in [-0.2, 0) is 9.53 Å². The van der Waals surface area contributed by atoms with Gasteiger partial charge in [-0.2, -0.15) is 0 Å². The highest BCUT2D eigenvalue weighted by Crippen LogP contribution is 2.33. The Hall–Kier alpha value is -3.94. The van der Waals surface area contributed by atoms with Crippen LogP contribution >= 0.6 is 0 Å². The molecule has 8 nitrogen and oxygen atoms in total. The maximum atomic E-state index is 12.6. The van der Waals surface area contributed by atoms with Crippen molar-refractivity contribution in [3.63, 3.8) is 0 Å². The Morgan fingerprint density at radius 2 is 1.65 bits per heavy atom. The summed E-state index contributed by atoms with van der Waals surface area (Å²) in [7, 11) is 0. The summed E-state index contributed by atoms with van der Waals surface area (Å²) >= 11 is 0. The smallest absolute Gasteiger partial charge is 0.326 e. The lowest BCUT2D eigenvalue weighted by molar-refractivity contribution is -0.384. The average molecular weight is 420 g/mol. The van der Waals surface area contributed by atoms with E-state index in [2.05, 4.69) is 10.3 Å². The van der Waals surface area contributed by atoms with Crippen LogP contribution in [0, 0.1) is 10.1 Å². The molecule has 0 fully saturated rings. The van der Waals surface area contributed by atoms with E-state index in [4.69, 9.17) is 4.74 Å². The largest absolute Gasteiger partial charge is 0.459 e. The third-order valence-corrected chi connectivity index (χ3v) is 4.13. The molecule has 1 aromatic heterocycles. The fourth-order valence-electron chi connectivity index (χ4n) is 2.92. The zero-order valence-corrected chi connectivity index (χ0v) is 17.6. The minimum Gasteiger partial charge on any atom is -0.459 e. The summed E-state index contributed by atoms with van der Waals surface area (Å²) < 4.78 is 5.44. The average Bonchev–Trinajstić information content (AvgIpc) is 2.72. The lowest BCUT2D eigenvalue weighted by Gasteiger charge is -2.26. The van der Waals surface area contributed by atoms with Gasteiger partial charge in [-0.05, 0) is 51.1 Å². The van der Waals surface area contributed by atoms with E-state index in [1.54, 1.807) is 45.0 Å². The van der Waals surface area contributed by atoms with Crippen molar-refractivity contribution in [2.24, 2.45) is 0 Å². The first-order chi connectivity index (χ1) is 14.7. The van der Waals surface area contributed by atoms with Gasteiger partial charge in [-0.25, -0.2) is 4.98 Å². The van der Waals surface area contributed by atoms with Gasteiger partial charge in [0.2, 0.25) is 5.82 Å². The summed E-state index contributed by atoms with van der Waals surface area (Å²) in [6, 6.07) is 21.2. The molecule has 0 aliphatic heterocycles. The summed E-state index contributed by atoms with van der Waals surface area (Å²) in [6.07, 6.45) is 0. The molecule has 31 heavy (non-hydrogen) atoms. The normalized spacial score (nSPS) is 10.9. The fraction of sp³-hybridized carbons (Fsp3) is 0.217. The topological polar surface area (TPSA) is 97.6 Å². The Balaban J connectivity index is 2.04. The highest BCUT2D eigenvalue weighted by molar-refractivity contribution is 5.82. The highest BCUT2D eigenvalue weighted by atomic mass is 16.6. The Morgan fingerprint density at radius 3 is 2.23 bits per heavy atom. The third-order valence-electron chi connectivity index (χ3n) is 4.13. The van der Waals surface area contributed by atoms with Crippen LogP contribution in [0.25, 0.3) is 0 Å². The van der Waals surface area contributed by atoms with Crippen molar-refractivity contribution in [3.05, 3.63) is 82.9 Å². The molecule has 8 heteroatoms. The van der Waals surface area contributed by atoms with Crippen LogP contribution in [0.15, 0.2) is 72.8 Å². The van der Waals surface area contributed by atoms with Gasteiger partial charge in [-0.15, -0.1) is 0 Å². The zero-order chi connectivity index (χ0) is 22.4. The van der Waals surface area contributed by atoms with E-state index < -0.39 is 16.5 Å². The summed E-state index contributed by atoms with van der Waals surface area (Å²) in [4.78, 5) is 29.8. The third kappa shape index (κ3) is 6.02. The SMILES string of the molecule is CC(C)(C)OC(=O)CN(c1ccccc1)c1nc(Nc2ccccc2)ccc1[N+](=O)[O-]. The van der Waals surface area contributed by atoms with Crippen molar-refractivity contribution in [2.45, 2.75) is 26.4 Å². The van der Waals surface area contributed by atoms with Crippen molar-refractivity contribution >= 4 is 34.7 Å². The van der Waals surface area contributed by atoms with Gasteiger partial charge in [-0.3, -0.25) is 14.9 Å². The molecule has 0 aliphatic rings. The predicted octanol–water partition coefficient (Wildman–Crippen LogP) is 5.21. The molecule has 0 saturated carbocycles. The first-order valence-corrected chi connectivity index (χ1v) is 9.75. The molecule has 0 radical (unpaired) electrons. The van der Waals surface area contributed by atoms with E-state index in [9.17, 15) is 14.9 Å². The van der Waals surface area contributed by atoms with Gasteiger partial charge in [-0.1, -0.05) is 36.4 Å². The Morgan fingerprint density at radius 1 is 1.03 bits per heavy atom. The van der Waals surface area contributed by atoms with E-state index in [0.29, 0.717) is 11.5 Å². The van der Waals surface area contributed by atoms with Gasteiger partial charge in [0.25, 0.3) is 0 Å². The van der Waals surface area contributed by atoms with Crippen LogP contribution in [0.1, 0.15) is 20.8 Å². The van der Waals surface area contributed by atoms with Gasteiger partial charge in [0.05, 0.1) is 4.92 Å².